The van der Waals surface area contributed by atoms with E-state index < -0.39 is 10.0 Å². The summed E-state index contributed by atoms with van der Waals surface area (Å²) in [4.78, 5) is 4.13. The van der Waals surface area contributed by atoms with Crippen molar-refractivity contribution in [2.45, 2.75) is 12.3 Å². The van der Waals surface area contributed by atoms with Crippen LogP contribution in [-0.4, -0.2) is 18.4 Å². The lowest BCUT2D eigenvalue weighted by molar-refractivity contribution is 0.580. The summed E-state index contributed by atoms with van der Waals surface area (Å²) in [7, 11) is -3.48. The molecular weight excluding hydrogens is 306 g/mol. The number of thiocarbonyl (C=S) groups is 1. The van der Waals surface area contributed by atoms with Crippen molar-refractivity contribution in [3.8, 4) is 0 Å². The number of nitrogens with zero attached hydrogens (tertiary/aromatic N) is 1. The monoisotopic (exact) mass is 321 g/mol. The molecule has 0 atom stereocenters. The van der Waals surface area contributed by atoms with E-state index in [4.69, 9.17) is 18.0 Å². The molecule has 1 heterocycles. The molecule has 0 saturated carbocycles. The van der Waals surface area contributed by atoms with Gasteiger partial charge in [0.2, 0.25) is 10.0 Å². The lowest BCUT2D eigenvalue weighted by Gasteiger charge is -2.10. The van der Waals surface area contributed by atoms with Gasteiger partial charge in [0, 0.05) is 24.5 Å². The molecule has 0 saturated heterocycles. The van der Waals surface area contributed by atoms with E-state index in [9.17, 15) is 8.42 Å². The molecule has 1 aromatic carbocycles. The maximum Gasteiger partial charge on any atom is 0.216 e. The Morgan fingerprint density at radius 1 is 1.24 bits per heavy atom. The second-order valence-corrected chi connectivity index (χ2v) is 6.71. The largest absolute Gasteiger partial charge is 0.389 e. The summed E-state index contributed by atoms with van der Waals surface area (Å²) >= 11 is 4.93. The van der Waals surface area contributed by atoms with Crippen molar-refractivity contribution in [1.82, 2.24) is 9.71 Å². The highest BCUT2D eigenvalue weighted by molar-refractivity contribution is 7.88. The van der Waals surface area contributed by atoms with Crippen LogP contribution in [0, 0.1) is 0 Å². The fourth-order valence-electron chi connectivity index (χ4n) is 1.84. The molecule has 5 nitrogen and oxygen atoms in total. The number of pyridine rings is 1. The Morgan fingerprint density at radius 3 is 2.67 bits per heavy atom. The molecule has 0 aliphatic rings. The Labute approximate surface area is 129 Å². The molecule has 0 aliphatic carbocycles. The zero-order valence-corrected chi connectivity index (χ0v) is 12.8. The van der Waals surface area contributed by atoms with Crippen LogP contribution >= 0.6 is 12.2 Å². The summed E-state index contributed by atoms with van der Waals surface area (Å²) in [5.41, 5.74) is 7.57. The first-order chi connectivity index (χ1) is 9.98. The number of nitrogens with two attached hydrogens (primary N) is 1. The van der Waals surface area contributed by atoms with Crippen LogP contribution in [-0.2, 0) is 22.3 Å². The van der Waals surface area contributed by atoms with E-state index in [1.165, 1.54) is 0 Å². The molecule has 2 aromatic rings. The van der Waals surface area contributed by atoms with Crippen LogP contribution in [0.2, 0.25) is 0 Å². The van der Waals surface area contributed by atoms with Gasteiger partial charge in [0.15, 0.2) is 0 Å². The number of sulfonamides is 1. The SMILES string of the molecule is NC(=S)c1ccccc1CS(=O)(=O)NCc1cccnc1. The van der Waals surface area contributed by atoms with Gasteiger partial charge in [-0.1, -0.05) is 42.5 Å². The number of rotatable bonds is 6. The van der Waals surface area contributed by atoms with Gasteiger partial charge in [-0.15, -0.1) is 0 Å². The second kappa shape index (κ2) is 6.75. The van der Waals surface area contributed by atoms with E-state index in [1.807, 2.05) is 0 Å². The van der Waals surface area contributed by atoms with Gasteiger partial charge in [-0.05, 0) is 17.2 Å². The molecule has 0 bridgehead atoms. The molecule has 110 valence electrons. The number of hydrogen-bond donors (Lipinski definition) is 2. The highest BCUT2D eigenvalue weighted by Crippen LogP contribution is 2.12. The molecule has 0 fully saturated rings. The van der Waals surface area contributed by atoms with E-state index in [0.29, 0.717) is 11.1 Å². The first-order valence-electron chi connectivity index (χ1n) is 6.22. The second-order valence-electron chi connectivity index (χ2n) is 4.46. The van der Waals surface area contributed by atoms with E-state index in [0.717, 1.165) is 5.56 Å². The van der Waals surface area contributed by atoms with Crippen molar-refractivity contribution < 1.29 is 8.42 Å². The summed E-state index contributed by atoms with van der Waals surface area (Å²) < 4.78 is 26.8. The smallest absolute Gasteiger partial charge is 0.216 e. The number of hydrogen-bond acceptors (Lipinski definition) is 4. The molecule has 1 aromatic heterocycles. The third-order valence-electron chi connectivity index (χ3n) is 2.85. The molecule has 0 unspecified atom stereocenters. The summed E-state index contributed by atoms with van der Waals surface area (Å²) in [5, 5.41) is 0. The van der Waals surface area contributed by atoms with Crippen LogP contribution in [0.5, 0.6) is 0 Å². The predicted molar refractivity (Wildman–Crippen MR) is 86.0 cm³/mol. The lowest BCUT2D eigenvalue weighted by Crippen LogP contribution is -2.26. The van der Waals surface area contributed by atoms with Crippen molar-refractivity contribution in [1.29, 1.82) is 0 Å². The molecule has 0 amide bonds. The molecular formula is C14H15N3O2S2. The average Bonchev–Trinajstić information content (AvgIpc) is 2.46. The number of nitrogens with one attached hydrogen (secondary N) is 1. The van der Waals surface area contributed by atoms with Crippen LogP contribution < -0.4 is 10.5 Å². The van der Waals surface area contributed by atoms with Crippen LogP contribution in [0.4, 0.5) is 0 Å². The lowest BCUT2D eigenvalue weighted by atomic mass is 10.1. The Bertz CT molecular complexity index is 731. The normalized spacial score (nSPS) is 11.2. The highest BCUT2D eigenvalue weighted by Gasteiger charge is 2.14. The third kappa shape index (κ3) is 4.59. The van der Waals surface area contributed by atoms with Gasteiger partial charge in [0.25, 0.3) is 0 Å². The van der Waals surface area contributed by atoms with E-state index in [-0.39, 0.29) is 17.3 Å². The summed E-state index contributed by atoms with van der Waals surface area (Å²) in [5.74, 6) is -0.166. The maximum atomic E-state index is 12.1. The van der Waals surface area contributed by atoms with Gasteiger partial charge >= 0.3 is 0 Å². The van der Waals surface area contributed by atoms with Crippen LogP contribution in [0.3, 0.4) is 0 Å². The Balaban J connectivity index is 2.10. The van der Waals surface area contributed by atoms with Crippen LogP contribution in [0.15, 0.2) is 48.8 Å². The molecule has 0 spiro atoms. The van der Waals surface area contributed by atoms with E-state index in [2.05, 4.69) is 9.71 Å². The molecule has 2 rings (SSSR count). The summed E-state index contributed by atoms with van der Waals surface area (Å²) in [6.45, 7) is 0.200. The zero-order chi connectivity index (χ0) is 15.3. The minimum Gasteiger partial charge on any atom is -0.389 e. The third-order valence-corrected chi connectivity index (χ3v) is 4.34. The van der Waals surface area contributed by atoms with Crippen molar-refractivity contribution in [2.75, 3.05) is 0 Å². The average molecular weight is 321 g/mol. The fourth-order valence-corrected chi connectivity index (χ4v) is 3.19. The van der Waals surface area contributed by atoms with Gasteiger partial charge in [-0.3, -0.25) is 4.98 Å². The van der Waals surface area contributed by atoms with Gasteiger partial charge in [-0.25, -0.2) is 13.1 Å². The Kier molecular flexibility index (Phi) is 5.00. The van der Waals surface area contributed by atoms with Crippen LogP contribution in [0.1, 0.15) is 16.7 Å². The fraction of sp³-hybridized carbons (Fsp3) is 0.143. The van der Waals surface area contributed by atoms with Gasteiger partial charge in [0.05, 0.1) is 5.75 Å². The minimum absolute atomic E-state index is 0.166. The van der Waals surface area contributed by atoms with Crippen molar-refractivity contribution >= 4 is 27.2 Å². The van der Waals surface area contributed by atoms with E-state index in [1.54, 1.807) is 48.8 Å². The van der Waals surface area contributed by atoms with Gasteiger partial charge in [-0.2, -0.15) is 0 Å². The van der Waals surface area contributed by atoms with Crippen molar-refractivity contribution in [2.24, 2.45) is 5.73 Å². The zero-order valence-electron chi connectivity index (χ0n) is 11.2. The highest BCUT2D eigenvalue weighted by atomic mass is 32.2. The van der Waals surface area contributed by atoms with Crippen LogP contribution in [0.25, 0.3) is 0 Å². The quantitative estimate of drug-likeness (QED) is 0.784. The standard InChI is InChI=1S/C14H15N3O2S2/c15-14(20)13-6-2-1-5-12(13)10-21(18,19)17-9-11-4-3-7-16-8-11/h1-8,17H,9-10H2,(H2,15,20). The minimum atomic E-state index is -3.48. The molecule has 7 heteroatoms. The first-order valence-corrected chi connectivity index (χ1v) is 8.28. The number of benzene rings is 1. The summed E-state index contributed by atoms with van der Waals surface area (Å²) in [6, 6.07) is 10.5. The first kappa shape index (κ1) is 15.6. The number of aromatic nitrogens is 1. The van der Waals surface area contributed by atoms with Crippen molar-refractivity contribution in [3.63, 3.8) is 0 Å². The van der Waals surface area contributed by atoms with E-state index >= 15 is 0 Å². The molecule has 21 heavy (non-hydrogen) atoms. The van der Waals surface area contributed by atoms with Gasteiger partial charge in [0.1, 0.15) is 4.99 Å². The topological polar surface area (TPSA) is 85.1 Å². The molecule has 3 N–H and O–H groups in total. The summed E-state index contributed by atoms with van der Waals surface area (Å²) in [6.07, 6.45) is 3.25. The van der Waals surface area contributed by atoms with Crippen molar-refractivity contribution in [3.05, 3.63) is 65.5 Å². The Morgan fingerprint density at radius 2 is 2.00 bits per heavy atom. The maximum absolute atomic E-state index is 12.1. The van der Waals surface area contributed by atoms with Gasteiger partial charge < -0.3 is 5.73 Å². The predicted octanol–water partition coefficient (Wildman–Crippen LogP) is 1.34. The Hall–Kier alpha value is -1.83. The molecule has 0 aliphatic heterocycles. The molecule has 0 radical (unpaired) electrons.